The first-order chi connectivity index (χ1) is 10.6. The molecule has 5 nitrogen and oxygen atoms in total. The number of rotatable bonds is 1. The van der Waals surface area contributed by atoms with Crippen molar-refractivity contribution < 1.29 is 9.30 Å². The van der Waals surface area contributed by atoms with Gasteiger partial charge in [-0.3, -0.25) is 4.79 Å². The summed E-state index contributed by atoms with van der Waals surface area (Å²) in [7, 11) is 3.62. The molecule has 0 unspecified atom stereocenters. The van der Waals surface area contributed by atoms with E-state index in [1.165, 1.54) is 0 Å². The van der Waals surface area contributed by atoms with Crippen LogP contribution in [0, 0.1) is 6.92 Å². The van der Waals surface area contributed by atoms with Gasteiger partial charge in [-0.2, -0.15) is 0 Å². The number of aromatic nitrogens is 3. The van der Waals surface area contributed by atoms with E-state index < -0.39 is 0 Å². The standard InChI is InChI=1S/C17H15N3O2/c1-9-14-11-8-10(22-3)4-5-12(11)19-16(14)20(2)13-6-7-18-17(21)15(9)13/h4-8H,1-3H3,(H,18,19,21)/p+1. The molecular formula is C17H16N3O2+. The Morgan fingerprint density at radius 1 is 1.18 bits per heavy atom. The normalized spacial score (nSPS) is 11.6. The van der Waals surface area contributed by atoms with E-state index in [4.69, 9.17) is 4.74 Å². The smallest absolute Gasteiger partial charge is 0.288 e. The largest absolute Gasteiger partial charge is 0.497 e. The first kappa shape index (κ1) is 12.9. The molecule has 0 saturated carbocycles. The van der Waals surface area contributed by atoms with Gasteiger partial charge in [0.2, 0.25) is 0 Å². The number of ether oxygens (including phenoxy) is 1. The van der Waals surface area contributed by atoms with Crippen LogP contribution in [0.1, 0.15) is 5.56 Å². The number of hydrogen-bond acceptors (Lipinski definition) is 2. The molecule has 0 saturated heterocycles. The van der Waals surface area contributed by atoms with Gasteiger partial charge in [0, 0.05) is 17.6 Å². The summed E-state index contributed by atoms with van der Waals surface area (Å²) < 4.78 is 7.36. The number of H-pyrrole nitrogens is 2. The predicted molar refractivity (Wildman–Crippen MR) is 86.4 cm³/mol. The van der Waals surface area contributed by atoms with Gasteiger partial charge in [-0.15, -0.1) is 0 Å². The summed E-state index contributed by atoms with van der Waals surface area (Å²) in [6.45, 7) is 1.99. The van der Waals surface area contributed by atoms with Crippen molar-refractivity contribution in [2.45, 2.75) is 6.92 Å². The molecule has 0 aliphatic carbocycles. The van der Waals surface area contributed by atoms with Crippen LogP contribution in [0.5, 0.6) is 5.75 Å². The average molecular weight is 294 g/mol. The molecule has 4 aromatic rings. The number of aryl methyl sites for hydroxylation is 2. The molecule has 0 spiro atoms. The van der Waals surface area contributed by atoms with Gasteiger partial charge < -0.3 is 9.72 Å². The number of hydrogen-bond donors (Lipinski definition) is 2. The number of fused-ring (bicyclic) bond motifs is 4. The van der Waals surface area contributed by atoms with Gasteiger partial charge >= 0.3 is 0 Å². The predicted octanol–water partition coefficient (Wildman–Crippen LogP) is 2.30. The zero-order chi connectivity index (χ0) is 15.4. The summed E-state index contributed by atoms with van der Waals surface area (Å²) in [5, 5.41) is 2.84. The Labute approximate surface area is 126 Å². The number of aromatic amines is 2. The molecule has 1 aromatic carbocycles. The van der Waals surface area contributed by atoms with E-state index >= 15 is 0 Å². The lowest BCUT2D eigenvalue weighted by molar-refractivity contribution is -0.619. The molecule has 3 aromatic heterocycles. The highest BCUT2D eigenvalue weighted by molar-refractivity contribution is 6.10. The van der Waals surface area contributed by atoms with Crippen LogP contribution >= 0.6 is 0 Å². The Kier molecular flexibility index (Phi) is 2.54. The third-order valence-corrected chi connectivity index (χ3v) is 4.37. The Balaban J connectivity index is 2.34. The quantitative estimate of drug-likeness (QED) is 0.529. The minimum Gasteiger partial charge on any atom is -0.497 e. The summed E-state index contributed by atoms with van der Waals surface area (Å²) in [5.41, 5.74) is 3.85. The molecule has 0 bridgehead atoms. The van der Waals surface area contributed by atoms with Gasteiger partial charge in [0.25, 0.3) is 11.2 Å². The summed E-state index contributed by atoms with van der Waals surface area (Å²) in [6, 6.07) is 7.86. The Morgan fingerprint density at radius 2 is 2.00 bits per heavy atom. The highest BCUT2D eigenvalue weighted by Gasteiger charge is 2.21. The van der Waals surface area contributed by atoms with E-state index in [0.717, 1.165) is 44.2 Å². The van der Waals surface area contributed by atoms with E-state index in [2.05, 4.69) is 9.97 Å². The lowest BCUT2D eigenvalue weighted by Gasteiger charge is -2.04. The minimum atomic E-state index is -0.0650. The van der Waals surface area contributed by atoms with Crippen LogP contribution in [-0.2, 0) is 7.05 Å². The minimum absolute atomic E-state index is 0.0650. The molecule has 0 aliphatic rings. The number of benzene rings is 1. The molecule has 2 N–H and O–H groups in total. The first-order valence-electron chi connectivity index (χ1n) is 7.11. The second-order valence-electron chi connectivity index (χ2n) is 5.51. The third kappa shape index (κ3) is 1.53. The fraction of sp³-hybridized carbons (Fsp3) is 0.176. The maximum atomic E-state index is 12.3. The molecule has 3 heterocycles. The molecule has 0 amide bonds. The van der Waals surface area contributed by atoms with Crippen LogP contribution in [0.15, 0.2) is 35.3 Å². The highest BCUT2D eigenvalue weighted by Crippen LogP contribution is 2.31. The molecule has 0 fully saturated rings. The van der Waals surface area contributed by atoms with Crippen molar-refractivity contribution in [1.29, 1.82) is 0 Å². The van der Waals surface area contributed by atoms with E-state index in [1.54, 1.807) is 13.3 Å². The van der Waals surface area contributed by atoms with Crippen LogP contribution in [0.25, 0.3) is 32.8 Å². The summed E-state index contributed by atoms with van der Waals surface area (Å²) >= 11 is 0. The van der Waals surface area contributed by atoms with E-state index in [9.17, 15) is 4.79 Å². The molecule has 110 valence electrons. The zero-order valence-corrected chi connectivity index (χ0v) is 12.7. The topological polar surface area (TPSA) is 61.8 Å². The molecule has 5 heteroatoms. The van der Waals surface area contributed by atoms with Gasteiger partial charge in [0.15, 0.2) is 0 Å². The van der Waals surface area contributed by atoms with Gasteiger partial charge in [0.1, 0.15) is 16.8 Å². The Morgan fingerprint density at radius 3 is 2.77 bits per heavy atom. The van der Waals surface area contributed by atoms with Gasteiger partial charge in [0.05, 0.1) is 24.9 Å². The molecule has 22 heavy (non-hydrogen) atoms. The summed E-state index contributed by atoms with van der Waals surface area (Å²) in [4.78, 5) is 18.5. The molecule has 4 rings (SSSR count). The summed E-state index contributed by atoms with van der Waals surface area (Å²) in [5.74, 6) is 0.803. The Bertz CT molecular complexity index is 1110. The van der Waals surface area contributed by atoms with Crippen molar-refractivity contribution in [3.05, 3.63) is 46.4 Å². The fourth-order valence-corrected chi connectivity index (χ4v) is 3.27. The number of nitrogens with zero attached hydrogens (tertiary/aromatic N) is 1. The SMILES string of the molecule is COc1ccc2[nH]c3c(c(C)c4c(=O)[nH]ccc4[n+]3C)c2c1. The van der Waals surface area contributed by atoms with Gasteiger partial charge in [-0.1, -0.05) is 0 Å². The van der Waals surface area contributed by atoms with Crippen molar-refractivity contribution in [1.82, 2.24) is 9.97 Å². The number of pyridine rings is 2. The lowest BCUT2D eigenvalue weighted by atomic mass is 10.1. The molecule has 0 atom stereocenters. The van der Waals surface area contributed by atoms with Gasteiger partial charge in [-0.05, 0) is 30.7 Å². The maximum Gasteiger partial charge on any atom is 0.288 e. The van der Waals surface area contributed by atoms with Crippen LogP contribution in [0.4, 0.5) is 0 Å². The lowest BCUT2D eigenvalue weighted by Crippen LogP contribution is -2.32. The van der Waals surface area contributed by atoms with Crippen molar-refractivity contribution in [3.63, 3.8) is 0 Å². The van der Waals surface area contributed by atoms with E-state index in [1.807, 2.05) is 42.8 Å². The second kappa shape index (κ2) is 4.34. The average Bonchev–Trinajstić information content (AvgIpc) is 2.91. The molecule has 0 aliphatic heterocycles. The number of methoxy groups -OCH3 is 1. The fourth-order valence-electron chi connectivity index (χ4n) is 3.27. The Hall–Kier alpha value is -2.82. The van der Waals surface area contributed by atoms with E-state index in [0.29, 0.717) is 0 Å². The maximum absolute atomic E-state index is 12.3. The van der Waals surface area contributed by atoms with E-state index in [-0.39, 0.29) is 5.56 Å². The monoisotopic (exact) mass is 294 g/mol. The van der Waals surface area contributed by atoms with Crippen molar-refractivity contribution in [2.24, 2.45) is 7.05 Å². The van der Waals surface area contributed by atoms with Crippen LogP contribution in [-0.4, -0.2) is 17.1 Å². The molecule has 0 radical (unpaired) electrons. The zero-order valence-electron chi connectivity index (χ0n) is 12.7. The first-order valence-corrected chi connectivity index (χ1v) is 7.11. The molecular weight excluding hydrogens is 278 g/mol. The van der Waals surface area contributed by atoms with Crippen molar-refractivity contribution in [3.8, 4) is 5.75 Å². The van der Waals surface area contributed by atoms with Crippen molar-refractivity contribution in [2.75, 3.05) is 7.11 Å². The second-order valence-corrected chi connectivity index (χ2v) is 5.51. The summed E-state index contributed by atoms with van der Waals surface area (Å²) in [6.07, 6.45) is 1.68. The third-order valence-electron chi connectivity index (χ3n) is 4.37. The van der Waals surface area contributed by atoms with Crippen molar-refractivity contribution >= 4 is 32.8 Å². The van der Waals surface area contributed by atoms with Crippen LogP contribution in [0.3, 0.4) is 0 Å². The number of nitrogens with one attached hydrogen (secondary N) is 2. The van der Waals surface area contributed by atoms with Crippen LogP contribution < -0.4 is 14.9 Å². The van der Waals surface area contributed by atoms with Crippen LogP contribution in [0.2, 0.25) is 0 Å². The highest BCUT2D eigenvalue weighted by atomic mass is 16.5. The van der Waals surface area contributed by atoms with Gasteiger partial charge in [-0.25, -0.2) is 9.55 Å².